The Labute approximate surface area is 160 Å². The van der Waals surface area contributed by atoms with Crippen LogP contribution in [0.3, 0.4) is 0 Å². The third-order valence-electron chi connectivity index (χ3n) is 3.06. The highest BCUT2D eigenvalue weighted by molar-refractivity contribution is 14.1. The maximum atomic E-state index is 12.3. The molecule has 0 aliphatic rings. The van der Waals surface area contributed by atoms with Gasteiger partial charge in [0, 0.05) is 15.3 Å². The van der Waals surface area contributed by atoms with Crippen molar-refractivity contribution in [1.82, 2.24) is 10.3 Å². The van der Waals surface area contributed by atoms with Gasteiger partial charge in [0.2, 0.25) is 0 Å². The van der Waals surface area contributed by atoms with Crippen LogP contribution in [0.4, 0.5) is 5.82 Å². The molecule has 2 N–H and O–H groups in total. The van der Waals surface area contributed by atoms with Crippen LogP contribution in [-0.4, -0.2) is 22.6 Å². The summed E-state index contributed by atoms with van der Waals surface area (Å²) < 4.78 is 6.63. The summed E-state index contributed by atoms with van der Waals surface area (Å²) in [6, 6.07) is 10.7. The number of ether oxygens (including phenoxy) is 1. The molecular weight excluding hydrogens is 437 g/mol. The predicted octanol–water partition coefficient (Wildman–Crippen LogP) is 3.99. The summed E-state index contributed by atoms with van der Waals surface area (Å²) in [5, 5.41) is 5.72. The zero-order chi connectivity index (χ0) is 17.4. The van der Waals surface area contributed by atoms with Crippen molar-refractivity contribution in [2.45, 2.75) is 19.8 Å². The number of nitrogens with zero attached hydrogens (tertiary/aromatic N) is 1. The molecule has 1 aromatic heterocycles. The van der Waals surface area contributed by atoms with Crippen molar-refractivity contribution < 1.29 is 9.53 Å². The number of aromatic nitrogens is 1. The topological polar surface area (TPSA) is 63.2 Å². The third kappa shape index (κ3) is 6.04. The molecular formula is C17H18IN3O2S. The SMILES string of the molecule is CCCCOc1cccc(C(=O)NC(=S)Nc2ccc(I)cn2)c1. The van der Waals surface area contributed by atoms with Crippen LogP contribution < -0.4 is 15.4 Å². The first-order valence-electron chi connectivity index (χ1n) is 7.55. The highest BCUT2D eigenvalue weighted by Crippen LogP contribution is 2.14. The number of amides is 1. The lowest BCUT2D eigenvalue weighted by Gasteiger charge is -2.10. The highest BCUT2D eigenvalue weighted by Gasteiger charge is 2.09. The first kappa shape index (κ1) is 18.6. The van der Waals surface area contributed by atoms with E-state index in [1.54, 1.807) is 30.5 Å². The Morgan fingerprint density at radius 3 is 2.88 bits per heavy atom. The number of nitrogens with one attached hydrogen (secondary N) is 2. The molecule has 0 saturated carbocycles. The van der Waals surface area contributed by atoms with E-state index in [1.165, 1.54) is 0 Å². The summed E-state index contributed by atoms with van der Waals surface area (Å²) in [4.78, 5) is 16.4. The van der Waals surface area contributed by atoms with Gasteiger partial charge in [-0.05, 0) is 71.6 Å². The van der Waals surface area contributed by atoms with E-state index in [9.17, 15) is 4.79 Å². The Hall–Kier alpha value is -1.74. The average molecular weight is 455 g/mol. The Morgan fingerprint density at radius 2 is 2.17 bits per heavy atom. The van der Waals surface area contributed by atoms with Crippen molar-refractivity contribution in [3.63, 3.8) is 0 Å². The van der Waals surface area contributed by atoms with E-state index in [4.69, 9.17) is 17.0 Å². The molecule has 1 aromatic carbocycles. The highest BCUT2D eigenvalue weighted by atomic mass is 127. The molecule has 0 bridgehead atoms. The molecule has 0 unspecified atom stereocenters. The number of hydrogen-bond donors (Lipinski definition) is 2. The first-order chi connectivity index (χ1) is 11.6. The number of pyridine rings is 1. The first-order valence-corrected chi connectivity index (χ1v) is 9.04. The molecule has 0 fully saturated rings. The monoisotopic (exact) mass is 455 g/mol. The van der Waals surface area contributed by atoms with E-state index in [0.717, 1.165) is 16.4 Å². The molecule has 24 heavy (non-hydrogen) atoms. The second-order valence-corrected chi connectivity index (χ2v) is 6.65. The minimum absolute atomic E-state index is 0.200. The molecule has 7 heteroatoms. The van der Waals surface area contributed by atoms with Crippen LogP contribution in [0, 0.1) is 3.57 Å². The van der Waals surface area contributed by atoms with Crippen molar-refractivity contribution in [2.24, 2.45) is 0 Å². The Bertz CT molecular complexity index is 707. The van der Waals surface area contributed by atoms with Crippen LogP contribution in [0.1, 0.15) is 30.1 Å². The quantitative estimate of drug-likeness (QED) is 0.392. The van der Waals surface area contributed by atoms with E-state index in [0.29, 0.717) is 23.7 Å². The van der Waals surface area contributed by atoms with Gasteiger partial charge in [-0.1, -0.05) is 19.4 Å². The number of carbonyl (C=O) groups excluding carboxylic acids is 1. The summed E-state index contributed by atoms with van der Waals surface area (Å²) >= 11 is 7.32. The van der Waals surface area contributed by atoms with E-state index in [2.05, 4.69) is 45.1 Å². The summed E-state index contributed by atoms with van der Waals surface area (Å²) in [5.41, 5.74) is 0.490. The number of unbranched alkanes of at least 4 members (excludes halogenated alkanes) is 1. The molecule has 2 rings (SSSR count). The number of halogens is 1. The van der Waals surface area contributed by atoms with Gasteiger partial charge < -0.3 is 10.1 Å². The number of anilines is 1. The molecule has 0 saturated heterocycles. The maximum absolute atomic E-state index is 12.3. The lowest BCUT2D eigenvalue weighted by atomic mass is 10.2. The van der Waals surface area contributed by atoms with E-state index >= 15 is 0 Å². The second-order valence-electron chi connectivity index (χ2n) is 5.00. The minimum atomic E-state index is -0.293. The molecule has 0 radical (unpaired) electrons. The van der Waals surface area contributed by atoms with Gasteiger partial charge in [0.1, 0.15) is 11.6 Å². The van der Waals surface area contributed by atoms with Gasteiger partial charge in [0.15, 0.2) is 5.11 Å². The normalized spacial score (nSPS) is 10.1. The second kappa shape index (κ2) is 9.53. The summed E-state index contributed by atoms with van der Waals surface area (Å²) in [6.07, 6.45) is 3.75. The smallest absolute Gasteiger partial charge is 0.257 e. The fourth-order valence-corrected chi connectivity index (χ4v) is 2.35. The molecule has 1 amide bonds. The molecule has 2 aromatic rings. The Balaban J connectivity index is 1.92. The van der Waals surface area contributed by atoms with Crippen molar-refractivity contribution >= 4 is 51.6 Å². The molecule has 126 valence electrons. The molecule has 1 heterocycles. The zero-order valence-corrected chi connectivity index (χ0v) is 16.2. The van der Waals surface area contributed by atoms with E-state index < -0.39 is 0 Å². The predicted molar refractivity (Wildman–Crippen MR) is 107 cm³/mol. The van der Waals surface area contributed by atoms with Crippen molar-refractivity contribution in [2.75, 3.05) is 11.9 Å². The molecule has 0 spiro atoms. The van der Waals surface area contributed by atoms with Gasteiger partial charge in [-0.25, -0.2) is 4.98 Å². The fourth-order valence-electron chi connectivity index (χ4n) is 1.83. The van der Waals surface area contributed by atoms with Crippen LogP contribution >= 0.6 is 34.8 Å². The van der Waals surface area contributed by atoms with Gasteiger partial charge in [0.25, 0.3) is 5.91 Å². The summed E-state index contributed by atoms with van der Waals surface area (Å²) in [6.45, 7) is 2.74. The minimum Gasteiger partial charge on any atom is -0.494 e. The van der Waals surface area contributed by atoms with Crippen LogP contribution in [0.15, 0.2) is 42.6 Å². The van der Waals surface area contributed by atoms with Crippen molar-refractivity contribution in [3.8, 4) is 5.75 Å². The number of benzene rings is 1. The molecule has 5 nitrogen and oxygen atoms in total. The van der Waals surface area contributed by atoms with Crippen molar-refractivity contribution in [3.05, 3.63) is 51.7 Å². The van der Waals surface area contributed by atoms with Crippen LogP contribution in [0.2, 0.25) is 0 Å². The number of rotatable bonds is 6. The Morgan fingerprint density at radius 1 is 1.33 bits per heavy atom. The van der Waals surface area contributed by atoms with Gasteiger partial charge in [0.05, 0.1) is 6.61 Å². The zero-order valence-electron chi connectivity index (χ0n) is 13.2. The van der Waals surface area contributed by atoms with Crippen LogP contribution in [0.5, 0.6) is 5.75 Å². The number of hydrogen-bond acceptors (Lipinski definition) is 4. The van der Waals surface area contributed by atoms with Crippen LogP contribution in [-0.2, 0) is 0 Å². The van der Waals surface area contributed by atoms with E-state index in [1.807, 2.05) is 12.1 Å². The maximum Gasteiger partial charge on any atom is 0.257 e. The molecule has 0 aliphatic carbocycles. The van der Waals surface area contributed by atoms with Gasteiger partial charge >= 0.3 is 0 Å². The van der Waals surface area contributed by atoms with E-state index in [-0.39, 0.29) is 11.0 Å². The Kier molecular flexibility index (Phi) is 7.38. The lowest BCUT2D eigenvalue weighted by molar-refractivity contribution is 0.0977. The number of carbonyl (C=O) groups is 1. The molecule has 0 aliphatic heterocycles. The summed E-state index contributed by atoms with van der Waals surface area (Å²) in [5.74, 6) is 0.964. The van der Waals surface area contributed by atoms with Gasteiger partial charge in [-0.15, -0.1) is 0 Å². The van der Waals surface area contributed by atoms with Crippen molar-refractivity contribution in [1.29, 1.82) is 0 Å². The average Bonchev–Trinajstić information content (AvgIpc) is 2.57. The molecule has 0 atom stereocenters. The lowest BCUT2D eigenvalue weighted by Crippen LogP contribution is -2.34. The van der Waals surface area contributed by atoms with Gasteiger partial charge in [-0.2, -0.15) is 0 Å². The van der Waals surface area contributed by atoms with Gasteiger partial charge in [-0.3, -0.25) is 10.1 Å². The number of thiocarbonyl (C=S) groups is 1. The fraction of sp³-hybridized carbons (Fsp3) is 0.235. The third-order valence-corrected chi connectivity index (χ3v) is 3.90. The largest absolute Gasteiger partial charge is 0.494 e. The summed E-state index contributed by atoms with van der Waals surface area (Å²) in [7, 11) is 0. The standard InChI is InChI=1S/C17H18IN3O2S/c1-2-3-9-23-14-6-4-5-12(10-14)16(22)21-17(24)20-15-8-7-13(18)11-19-15/h4-8,10-11H,2-3,9H2,1H3,(H2,19,20,21,22,24). The van der Waals surface area contributed by atoms with Crippen LogP contribution in [0.25, 0.3) is 0 Å².